The average molecular weight is 168 g/mol. The number of amides is 1. The fourth-order valence-corrected chi connectivity index (χ4v) is 1.21. The molecule has 1 saturated heterocycles. The largest absolute Gasteiger partial charge is 0.345 e. The van der Waals surface area contributed by atoms with Crippen LogP contribution in [0.3, 0.4) is 0 Å². The molecule has 12 heavy (non-hydrogen) atoms. The first-order valence-corrected chi connectivity index (χ1v) is 4.30. The summed E-state index contributed by atoms with van der Waals surface area (Å²) in [6, 6.07) is 0. The van der Waals surface area contributed by atoms with Crippen molar-refractivity contribution < 1.29 is 4.79 Å². The molecule has 1 atom stereocenters. The van der Waals surface area contributed by atoms with Crippen LogP contribution in [-0.2, 0) is 4.79 Å². The number of rotatable bonds is 2. The van der Waals surface area contributed by atoms with Crippen molar-refractivity contribution in [3.05, 3.63) is 12.2 Å². The summed E-state index contributed by atoms with van der Waals surface area (Å²) in [5.41, 5.74) is 0. The molecule has 1 aliphatic rings. The Kier molecular flexibility index (Phi) is 3.29. The molecule has 0 radical (unpaired) electrons. The van der Waals surface area contributed by atoms with Gasteiger partial charge in [-0.25, -0.2) is 0 Å². The Morgan fingerprint density at radius 2 is 2.33 bits per heavy atom. The molecule has 0 saturated carbocycles. The zero-order chi connectivity index (χ0) is 8.97. The first-order chi connectivity index (χ1) is 5.70. The van der Waals surface area contributed by atoms with E-state index in [1.54, 1.807) is 25.1 Å². The average Bonchev–Trinajstić information content (AvgIpc) is 2.51. The first kappa shape index (κ1) is 9.26. The maximum atomic E-state index is 11.1. The van der Waals surface area contributed by atoms with Gasteiger partial charge in [0, 0.05) is 20.6 Å². The molecule has 1 heterocycles. The molecule has 1 fully saturated rings. The van der Waals surface area contributed by atoms with E-state index in [1.165, 1.54) is 0 Å². The standard InChI is InChI=1S/C9H16N2O/c1-11(2)9(12)4-3-8-5-6-10-7-8/h3-4,8,10H,5-7H2,1-2H3/t8-/m1/s1. The maximum absolute atomic E-state index is 11.1. The summed E-state index contributed by atoms with van der Waals surface area (Å²) in [6.07, 6.45) is 4.82. The summed E-state index contributed by atoms with van der Waals surface area (Å²) < 4.78 is 0. The Morgan fingerprint density at radius 1 is 1.58 bits per heavy atom. The highest BCUT2D eigenvalue weighted by atomic mass is 16.2. The molecule has 0 spiro atoms. The van der Waals surface area contributed by atoms with Gasteiger partial charge in [0.05, 0.1) is 0 Å². The molecule has 0 unspecified atom stereocenters. The normalized spacial score (nSPS) is 23.3. The molecule has 1 aliphatic heterocycles. The van der Waals surface area contributed by atoms with Gasteiger partial charge in [0.1, 0.15) is 0 Å². The number of nitrogens with zero attached hydrogens (tertiary/aromatic N) is 1. The third-order valence-corrected chi connectivity index (χ3v) is 2.05. The zero-order valence-electron chi connectivity index (χ0n) is 7.71. The van der Waals surface area contributed by atoms with Gasteiger partial charge >= 0.3 is 0 Å². The molecule has 68 valence electrons. The second-order valence-corrected chi connectivity index (χ2v) is 3.34. The van der Waals surface area contributed by atoms with Crippen LogP contribution in [0.15, 0.2) is 12.2 Å². The van der Waals surface area contributed by atoms with Crippen molar-refractivity contribution in [2.45, 2.75) is 6.42 Å². The van der Waals surface area contributed by atoms with E-state index < -0.39 is 0 Å². The fraction of sp³-hybridized carbons (Fsp3) is 0.667. The third-order valence-electron chi connectivity index (χ3n) is 2.05. The lowest BCUT2D eigenvalue weighted by atomic mass is 10.1. The minimum Gasteiger partial charge on any atom is -0.345 e. The molecule has 0 aromatic rings. The van der Waals surface area contributed by atoms with Gasteiger partial charge in [-0.3, -0.25) is 4.79 Å². The van der Waals surface area contributed by atoms with Crippen LogP contribution >= 0.6 is 0 Å². The number of carbonyl (C=O) groups excluding carboxylic acids is 1. The Hall–Kier alpha value is -0.830. The lowest BCUT2D eigenvalue weighted by Gasteiger charge is -2.06. The Morgan fingerprint density at radius 3 is 2.83 bits per heavy atom. The van der Waals surface area contributed by atoms with Crippen molar-refractivity contribution in [2.24, 2.45) is 5.92 Å². The maximum Gasteiger partial charge on any atom is 0.245 e. The van der Waals surface area contributed by atoms with E-state index >= 15 is 0 Å². The van der Waals surface area contributed by atoms with Gasteiger partial charge in [0.15, 0.2) is 0 Å². The van der Waals surface area contributed by atoms with Gasteiger partial charge < -0.3 is 10.2 Å². The number of likely N-dealkylation sites (N-methyl/N-ethyl adjacent to an activating group) is 1. The van der Waals surface area contributed by atoms with Crippen molar-refractivity contribution in [1.82, 2.24) is 10.2 Å². The topological polar surface area (TPSA) is 32.3 Å². The van der Waals surface area contributed by atoms with Crippen LogP contribution in [0.25, 0.3) is 0 Å². The molecule has 0 aromatic heterocycles. The van der Waals surface area contributed by atoms with Crippen LogP contribution in [0.4, 0.5) is 0 Å². The van der Waals surface area contributed by atoms with Crippen LogP contribution in [0.5, 0.6) is 0 Å². The highest BCUT2D eigenvalue weighted by Crippen LogP contribution is 2.08. The van der Waals surface area contributed by atoms with Crippen molar-refractivity contribution >= 4 is 5.91 Å². The Labute approximate surface area is 73.4 Å². The number of carbonyl (C=O) groups is 1. The van der Waals surface area contributed by atoms with Gasteiger partial charge in [-0.1, -0.05) is 6.08 Å². The molecular formula is C9H16N2O. The lowest BCUT2D eigenvalue weighted by molar-refractivity contribution is -0.123. The molecule has 1 N–H and O–H groups in total. The van der Waals surface area contributed by atoms with Gasteiger partial charge in [-0.2, -0.15) is 0 Å². The van der Waals surface area contributed by atoms with E-state index in [4.69, 9.17) is 0 Å². The number of hydrogen-bond donors (Lipinski definition) is 1. The van der Waals surface area contributed by atoms with E-state index in [0.717, 1.165) is 19.5 Å². The van der Waals surface area contributed by atoms with Crippen LogP contribution in [0.1, 0.15) is 6.42 Å². The zero-order valence-corrected chi connectivity index (χ0v) is 7.71. The van der Waals surface area contributed by atoms with Crippen LogP contribution in [-0.4, -0.2) is 38.0 Å². The summed E-state index contributed by atoms with van der Waals surface area (Å²) >= 11 is 0. The van der Waals surface area contributed by atoms with Crippen molar-refractivity contribution in [3.8, 4) is 0 Å². The molecule has 1 rings (SSSR count). The third kappa shape index (κ3) is 2.66. The van der Waals surface area contributed by atoms with Gasteiger partial charge in [0.2, 0.25) is 5.91 Å². The summed E-state index contributed by atoms with van der Waals surface area (Å²) in [6.45, 7) is 2.09. The van der Waals surface area contributed by atoms with Crippen molar-refractivity contribution in [2.75, 3.05) is 27.2 Å². The first-order valence-electron chi connectivity index (χ1n) is 4.30. The number of hydrogen-bond acceptors (Lipinski definition) is 2. The predicted octanol–water partition coefficient (Wildman–Crippen LogP) is 0.240. The highest BCUT2D eigenvalue weighted by molar-refractivity contribution is 5.87. The highest BCUT2D eigenvalue weighted by Gasteiger charge is 2.10. The molecule has 1 amide bonds. The second kappa shape index (κ2) is 4.26. The van der Waals surface area contributed by atoms with Crippen LogP contribution in [0.2, 0.25) is 0 Å². The lowest BCUT2D eigenvalue weighted by Crippen LogP contribution is -2.19. The minimum absolute atomic E-state index is 0.0712. The van der Waals surface area contributed by atoms with E-state index in [2.05, 4.69) is 5.32 Å². The second-order valence-electron chi connectivity index (χ2n) is 3.34. The molecule has 3 nitrogen and oxygen atoms in total. The van der Waals surface area contributed by atoms with Crippen LogP contribution in [0, 0.1) is 5.92 Å². The smallest absolute Gasteiger partial charge is 0.245 e. The van der Waals surface area contributed by atoms with Gasteiger partial charge in [0.25, 0.3) is 0 Å². The monoisotopic (exact) mass is 168 g/mol. The summed E-state index contributed by atoms with van der Waals surface area (Å²) in [4.78, 5) is 12.7. The predicted molar refractivity (Wildman–Crippen MR) is 48.8 cm³/mol. The molecule has 3 heteroatoms. The Balaban J connectivity index is 2.33. The summed E-state index contributed by atoms with van der Waals surface area (Å²) in [7, 11) is 3.53. The summed E-state index contributed by atoms with van der Waals surface area (Å²) in [5.74, 6) is 0.621. The van der Waals surface area contributed by atoms with Crippen molar-refractivity contribution in [3.63, 3.8) is 0 Å². The minimum atomic E-state index is 0.0712. The molecule has 0 aromatic carbocycles. The van der Waals surface area contributed by atoms with Gasteiger partial charge in [-0.15, -0.1) is 0 Å². The van der Waals surface area contributed by atoms with Crippen LogP contribution < -0.4 is 5.32 Å². The van der Waals surface area contributed by atoms with Gasteiger partial charge in [-0.05, 0) is 25.0 Å². The molecule has 0 aliphatic carbocycles. The quantitative estimate of drug-likeness (QED) is 0.599. The van der Waals surface area contributed by atoms with Crippen molar-refractivity contribution in [1.29, 1.82) is 0 Å². The van der Waals surface area contributed by atoms with E-state index in [9.17, 15) is 4.79 Å². The van der Waals surface area contributed by atoms with E-state index in [1.807, 2.05) is 6.08 Å². The number of nitrogens with one attached hydrogen (secondary N) is 1. The fourth-order valence-electron chi connectivity index (χ4n) is 1.21. The summed E-state index contributed by atoms with van der Waals surface area (Å²) in [5, 5.41) is 3.25. The Bertz CT molecular complexity index is 181. The molecule has 0 bridgehead atoms. The molecular weight excluding hydrogens is 152 g/mol. The van der Waals surface area contributed by atoms with E-state index in [-0.39, 0.29) is 5.91 Å². The van der Waals surface area contributed by atoms with E-state index in [0.29, 0.717) is 5.92 Å². The SMILES string of the molecule is CN(C)C(=O)C=C[C@@H]1CCNC1.